The Balaban J connectivity index is 3.59. The third-order valence-corrected chi connectivity index (χ3v) is 2.82. The van der Waals surface area contributed by atoms with Gasteiger partial charge in [0, 0.05) is 0 Å². The van der Waals surface area contributed by atoms with Crippen LogP contribution in [0.15, 0.2) is 29.2 Å². The minimum absolute atomic E-state index is 0.149. The topological polar surface area (TPSA) is 30.2 Å². The van der Waals surface area contributed by atoms with Crippen molar-refractivity contribution in [2.45, 2.75) is 20.0 Å². The van der Waals surface area contributed by atoms with Crippen molar-refractivity contribution in [1.29, 1.82) is 0 Å². The lowest BCUT2D eigenvalue weighted by Crippen LogP contribution is -2.04. The van der Waals surface area contributed by atoms with Crippen LogP contribution in [0.4, 0.5) is 0 Å². The second-order valence-electron chi connectivity index (χ2n) is 1.74. The molecule has 0 radical (unpaired) electrons. The molecule has 1 aromatic rings. The molecule has 0 amide bonds. The van der Waals surface area contributed by atoms with Gasteiger partial charge in [0.25, 0.3) is 0 Å². The summed E-state index contributed by atoms with van der Waals surface area (Å²) in [7, 11) is 0. The van der Waals surface area contributed by atoms with E-state index in [0.29, 0.717) is 0 Å². The summed E-state index contributed by atoms with van der Waals surface area (Å²) in [5.41, 5.74) is -0.321. The van der Waals surface area contributed by atoms with Crippen molar-refractivity contribution in [2.75, 3.05) is 0 Å². The van der Waals surface area contributed by atoms with Crippen molar-refractivity contribution in [3.8, 4) is 0 Å². The van der Waals surface area contributed by atoms with Crippen molar-refractivity contribution in [1.82, 2.24) is 0 Å². The molecule has 60 valence electrons. The van der Waals surface area contributed by atoms with Crippen molar-refractivity contribution in [2.24, 2.45) is 0 Å². The highest BCUT2D eigenvalue weighted by Crippen LogP contribution is 2.22. The van der Waals surface area contributed by atoms with Crippen molar-refractivity contribution in [3.05, 3.63) is 10.2 Å². The first-order chi connectivity index (χ1) is 5.04. The molecule has 1 heterocycles. The summed E-state index contributed by atoms with van der Waals surface area (Å²) in [5, 5.41) is 0.308. The summed E-state index contributed by atoms with van der Waals surface area (Å²) in [4.78, 5) is 11.4. The molecule has 0 N–H and O–H groups in total. The molecule has 0 unspecified atom stereocenters. The highest BCUT2D eigenvalue weighted by atomic mass is 32.1. The molecule has 1 aromatic heterocycles. The lowest BCUT2D eigenvalue weighted by Gasteiger charge is -1.99. The normalized spacial score (nSPS) is 10.2. The molecular formula is C5H4O2S4. The summed E-state index contributed by atoms with van der Waals surface area (Å²) in [6, 6.07) is 0. The van der Waals surface area contributed by atoms with E-state index in [0.717, 1.165) is 0 Å². The summed E-state index contributed by atoms with van der Waals surface area (Å²) in [6.07, 6.45) is 0. The molecule has 0 aliphatic rings. The predicted octanol–water partition coefficient (Wildman–Crippen LogP) is 1.79. The van der Waals surface area contributed by atoms with E-state index in [9.17, 15) is 4.79 Å². The van der Waals surface area contributed by atoms with Gasteiger partial charge in [-0.25, -0.2) is 0 Å². The maximum absolute atomic E-state index is 11.1. The Bertz CT molecular complexity index is 314. The van der Waals surface area contributed by atoms with Gasteiger partial charge in [-0.1, -0.05) is 0 Å². The van der Waals surface area contributed by atoms with Gasteiger partial charge in [-0.15, -0.1) is 50.5 Å². The monoisotopic (exact) mass is 224 g/mol. The minimum Gasteiger partial charge on any atom is -0.442 e. The standard InChI is InChI=1S/C5H4O2S4/c6-1-2(8)4(10)7-5(11)3(1)9/h8-11H. The molecule has 11 heavy (non-hydrogen) atoms. The third-order valence-electron chi connectivity index (χ3n) is 1.03. The zero-order chi connectivity index (χ0) is 8.59. The zero-order valence-electron chi connectivity index (χ0n) is 5.11. The molecule has 0 fully saturated rings. The first-order valence-electron chi connectivity index (χ1n) is 2.51. The maximum atomic E-state index is 11.1. The Kier molecular flexibility index (Phi) is 2.90. The molecule has 0 bridgehead atoms. The fraction of sp³-hybridized carbons (Fsp3) is 0. The molecule has 0 aliphatic carbocycles. The highest BCUT2D eigenvalue weighted by molar-refractivity contribution is 7.84. The van der Waals surface area contributed by atoms with Crippen LogP contribution in [-0.4, -0.2) is 0 Å². The van der Waals surface area contributed by atoms with Crippen LogP contribution in [-0.2, 0) is 0 Å². The van der Waals surface area contributed by atoms with Gasteiger partial charge in [0.2, 0.25) is 5.43 Å². The highest BCUT2D eigenvalue weighted by Gasteiger charge is 2.09. The Labute approximate surface area is 85.0 Å². The summed E-state index contributed by atoms with van der Waals surface area (Å²) in [5.74, 6) is 0. The van der Waals surface area contributed by atoms with Gasteiger partial charge < -0.3 is 4.42 Å². The van der Waals surface area contributed by atoms with E-state index >= 15 is 0 Å². The molecule has 0 aliphatic heterocycles. The molecule has 0 spiro atoms. The van der Waals surface area contributed by atoms with E-state index in [1.807, 2.05) is 0 Å². The van der Waals surface area contributed by atoms with Crippen LogP contribution < -0.4 is 5.43 Å². The maximum Gasteiger partial charge on any atom is 0.213 e. The number of hydrogen-bond acceptors (Lipinski definition) is 6. The quantitative estimate of drug-likeness (QED) is 0.506. The molecular weight excluding hydrogens is 220 g/mol. The molecule has 0 saturated heterocycles. The predicted molar refractivity (Wildman–Crippen MR) is 54.0 cm³/mol. The fourth-order valence-electron chi connectivity index (χ4n) is 0.495. The lowest BCUT2D eigenvalue weighted by atomic mass is 10.5. The van der Waals surface area contributed by atoms with Crippen LogP contribution >= 0.6 is 50.5 Å². The molecule has 0 saturated carbocycles. The first-order valence-corrected chi connectivity index (χ1v) is 4.30. The van der Waals surface area contributed by atoms with Crippen molar-refractivity contribution in [3.63, 3.8) is 0 Å². The number of hydrogen-bond donors (Lipinski definition) is 4. The van der Waals surface area contributed by atoms with E-state index in [4.69, 9.17) is 4.42 Å². The van der Waals surface area contributed by atoms with Gasteiger partial charge in [-0.3, -0.25) is 4.79 Å². The first kappa shape index (κ1) is 9.44. The van der Waals surface area contributed by atoms with Gasteiger partial charge in [0.1, 0.15) is 9.79 Å². The van der Waals surface area contributed by atoms with E-state index < -0.39 is 0 Å². The smallest absolute Gasteiger partial charge is 0.213 e. The van der Waals surface area contributed by atoms with Crippen LogP contribution in [0.5, 0.6) is 0 Å². The van der Waals surface area contributed by atoms with Gasteiger partial charge in [0.05, 0.1) is 0 Å². The van der Waals surface area contributed by atoms with E-state index in [2.05, 4.69) is 50.5 Å². The van der Waals surface area contributed by atoms with Crippen LogP contribution in [0, 0.1) is 0 Å². The summed E-state index contributed by atoms with van der Waals surface area (Å²) >= 11 is 15.4. The van der Waals surface area contributed by atoms with E-state index in [-0.39, 0.29) is 25.4 Å². The van der Waals surface area contributed by atoms with Gasteiger partial charge >= 0.3 is 0 Å². The van der Waals surface area contributed by atoms with Crippen LogP contribution in [0.2, 0.25) is 0 Å². The SMILES string of the molecule is O=c1c(S)c(S)oc(S)c1S. The largest absolute Gasteiger partial charge is 0.442 e. The zero-order valence-corrected chi connectivity index (χ0v) is 8.68. The molecule has 0 atom stereocenters. The Morgan fingerprint density at radius 1 is 0.909 bits per heavy atom. The number of rotatable bonds is 0. The van der Waals surface area contributed by atoms with E-state index in [1.165, 1.54) is 0 Å². The Hall–Kier alpha value is 0.350. The Morgan fingerprint density at radius 3 is 1.64 bits per heavy atom. The molecule has 0 aromatic carbocycles. The van der Waals surface area contributed by atoms with Gasteiger partial charge in [0.15, 0.2) is 10.2 Å². The van der Waals surface area contributed by atoms with E-state index in [1.54, 1.807) is 0 Å². The summed E-state index contributed by atoms with van der Waals surface area (Å²) in [6.45, 7) is 0. The van der Waals surface area contributed by atoms with Crippen LogP contribution in [0.25, 0.3) is 0 Å². The lowest BCUT2D eigenvalue weighted by molar-refractivity contribution is 0.340. The molecule has 2 nitrogen and oxygen atoms in total. The minimum atomic E-state index is -0.321. The number of thiol groups is 4. The van der Waals surface area contributed by atoms with Crippen LogP contribution in [0.3, 0.4) is 0 Å². The second kappa shape index (κ2) is 3.38. The average molecular weight is 224 g/mol. The fourth-order valence-corrected chi connectivity index (χ4v) is 1.36. The Morgan fingerprint density at radius 2 is 1.27 bits per heavy atom. The third kappa shape index (κ3) is 1.74. The average Bonchev–Trinajstić information content (AvgIpc) is 1.97. The molecule has 6 heteroatoms. The van der Waals surface area contributed by atoms with Crippen molar-refractivity contribution >= 4 is 50.5 Å². The molecule has 1 rings (SSSR count). The van der Waals surface area contributed by atoms with Crippen LogP contribution in [0.1, 0.15) is 0 Å². The van der Waals surface area contributed by atoms with Gasteiger partial charge in [-0.2, -0.15) is 0 Å². The van der Waals surface area contributed by atoms with Gasteiger partial charge in [-0.05, 0) is 0 Å². The van der Waals surface area contributed by atoms with Crippen molar-refractivity contribution < 1.29 is 4.42 Å². The second-order valence-corrected chi connectivity index (χ2v) is 3.45. The summed E-state index contributed by atoms with van der Waals surface area (Å²) < 4.78 is 4.90.